The Balaban J connectivity index is 2.92. The van der Waals surface area contributed by atoms with Crippen molar-refractivity contribution < 1.29 is 19.1 Å². The van der Waals surface area contributed by atoms with Gasteiger partial charge in [0.15, 0.2) is 11.6 Å². The fraction of sp³-hybridized carbons (Fsp3) is 0.609. The Kier molecular flexibility index (Phi) is 12.7. The smallest absolute Gasteiger partial charge is 0.255 e. The zero-order valence-electron chi connectivity index (χ0n) is 18.8. The minimum Gasteiger partial charge on any atom is -0.496 e. The molecule has 8 heteroatoms. The molecule has 0 bridgehead atoms. The first kappa shape index (κ1) is 26.7. The summed E-state index contributed by atoms with van der Waals surface area (Å²) in [5, 5.41) is 2.82. The van der Waals surface area contributed by atoms with Crippen LogP contribution < -0.4 is 27.3 Å². The van der Waals surface area contributed by atoms with E-state index in [1.807, 2.05) is 0 Å². The highest BCUT2D eigenvalue weighted by Crippen LogP contribution is 2.21. The molecule has 1 aromatic rings. The predicted octanol–water partition coefficient (Wildman–Crippen LogP) is 1.47. The Bertz CT molecular complexity index is 724. The van der Waals surface area contributed by atoms with Gasteiger partial charge in [-0.3, -0.25) is 14.4 Å². The molecule has 0 aliphatic carbocycles. The van der Waals surface area contributed by atoms with Gasteiger partial charge in [0, 0.05) is 12.8 Å². The normalized spacial score (nSPS) is 12.8. The first-order valence-corrected chi connectivity index (χ1v) is 11.1. The monoisotopic (exact) mass is 434 g/mol. The van der Waals surface area contributed by atoms with Crippen LogP contribution in [0.2, 0.25) is 0 Å². The van der Waals surface area contributed by atoms with Crippen LogP contribution in [0.1, 0.15) is 67.8 Å². The zero-order valence-corrected chi connectivity index (χ0v) is 18.8. The van der Waals surface area contributed by atoms with Crippen LogP contribution in [0.5, 0.6) is 5.75 Å². The fourth-order valence-corrected chi connectivity index (χ4v) is 3.33. The first-order valence-electron chi connectivity index (χ1n) is 11.1. The number of hydrogen-bond donors (Lipinski definition) is 4. The average Bonchev–Trinajstić information content (AvgIpc) is 2.77. The summed E-state index contributed by atoms with van der Waals surface area (Å²) >= 11 is 0. The summed E-state index contributed by atoms with van der Waals surface area (Å²) in [6.45, 7) is 2.89. The van der Waals surface area contributed by atoms with Crippen molar-refractivity contribution in [1.29, 1.82) is 0 Å². The predicted molar refractivity (Wildman–Crippen MR) is 122 cm³/mol. The van der Waals surface area contributed by atoms with Gasteiger partial charge in [0.25, 0.3) is 5.91 Å². The number of nitrogens with one attached hydrogen (secondary N) is 1. The minimum atomic E-state index is -0.574. The lowest BCUT2D eigenvalue weighted by atomic mass is 9.98. The van der Waals surface area contributed by atoms with E-state index in [9.17, 15) is 14.4 Å². The molecule has 0 heterocycles. The third kappa shape index (κ3) is 9.16. The maximum absolute atomic E-state index is 12.9. The lowest BCUT2D eigenvalue weighted by Crippen LogP contribution is -2.40. The second-order valence-corrected chi connectivity index (χ2v) is 7.70. The molecule has 1 aromatic carbocycles. The summed E-state index contributed by atoms with van der Waals surface area (Å²) in [5.41, 5.74) is 18.0. The highest BCUT2D eigenvalue weighted by Gasteiger charge is 2.22. The number of Topliss-reactive ketones (excluding diaryl/α,β-unsaturated/α-hetero) is 2. The van der Waals surface area contributed by atoms with Crippen LogP contribution in [-0.4, -0.2) is 49.8 Å². The number of amides is 1. The SMILES string of the molecule is CCC(=O)[C@H](CCCCN)NC(=O)c1cc(CC(=O)[C@@H](N)CCCCN)ccc1OC. The summed E-state index contributed by atoms with van der Waals surface area (Å²) in [6, 6.07) is 3.90. The summed E-state index contributed by atoms with van der Waals surface area (Å²) in [7, 11) is 1.47. The second-order valence-electron chi connectivity index (χ2n) is 7.70. The molecule has 0 unspecified atom stereocenters. The Hall–Kier alpha value is -2.29. The van der Waals surface area contributed by atoms with E-state index in [4.69, 9.17) is 21.9 Å². The molecule has 8 nitrogen and oxygen atoms in total. The minimum absolute atomic E-state index is 0.0286. The maximum Gasteiger partial charge on any atom is 0.255 e. The van der Waals surface area contributed by atoms with Crippen LogP contribution in [0.4, 0.5) is 0 Å². The molecular weight excluding hydrogens is 396 g/mol. The number of carbonyl (C=O) groups is 3. The number of ether oxygens (including phenoxy) is 1. The molecule has 0 radical (unpaired) electrons. The van der Waals surface area contributed by atoms with E-state index in [-0.39, 0.29) is 23.6 Å². The molecule has 0 saturated heterocycles. The van der Waals surface area contributed by atoms with Crippen molar-refractivity contribution in [1.82, 2.24) is 5.32 Å². The van der Waals surface area contributed by atoms with E-state index in [2.05, 4.69) is 5.32 Å². The molecule has 0 aliphatic heterocycles. The maximum atomic E-state index is 12.9. The molecule has 174 valence electrons. The number of methoxy groups -OCH3 is 1. The molecule has 0 aromatic heterocycles. The van der Waals surface area contributed by atoms with E-state index >= 15 is 0 Å². The topological polar surface area (TPSA) is 151 Å². The van der Waals surface area contributed by atoms with Crippen LogP contribution in [0.15, 0.2) is 18.2 Å². The van der Waals surface area contributed by atoms with Gasteiger partial charge in [0.1, 0.15) is 5.75 Å². The van der Waals surface area contributed by atoms with Gasteiger partial charge >= 0.3 is 0 Å². The van der Waals surface area contributed by atoms with Crippen molar-refractivity contribution in [3.63, 3.8) is 0 Å². The van der Waals surface area contributed by atoms with Crippen LogP contribution in [-0.2, 0) is 16.0 Å². The van der Waals surface area contributed by atoms with Gasteiger partial charge < -0.3 is 27.3 Å². The van der Waals surface area contributed by atoms with Crippen LogP contribution in [0.25, 0.3) is 0 Å². The fourth-order valence-electron chi connectivity index (χ4n) is 3.33. The number of hydrogen-bond acceptors (Lipinski definition) is 7. The Morgan fingerprint density at radius 2 is 1.65 bits per heavy atom. The number of carbonyl (C=O) groups excluding carboxylic acids is 3. The molecule has 1 rings (SSSR count). The summed E-state index contributed by atoms with van der Waals surface area (Å²) in [6.07, 6.45) is 4.75. The van der Waals surface area contributed by atoms with Crippen molar-refractivity contribution in [2.75, 3.05) is 20.2 Å². The van der Waals surface area contributed by atoms with Crippen LogP contribution in [0, 0.1) is 0 Å². The number of nitrogens with two attached hydrogens (primary N) is 3. The quantitative estimate of drug-likeness (QED) is 0.288. The van der Waals surface area contributed by atoms with Gasteiger partial charge in [-0.25, -0.2) is 0 Å². The van der Waals surface area contributed by atoms with Gasteiger partial charge in [-0.15, -0.1) is 0 Å². The van der Waals surface area contributed by atoms with Crippen molar-refractivity contribution in [2.24, 2.45) is 17.2 Å². The Morgan fingerprint density at radius 1 is 1.00 bits per heavy atom. The largest absolute Gasteiger partial charge is 0.496 e. The van der Waals surface area contributed by atoms with Crippen molar-refractivity contribution in [3.8, 4) is 5.75 Å². The Morgan fingerprint density at radius 3 is 2.23 bits per heavy atom. The summed E-state index contributed by atoms with van der Waals surface area (Å²) in [4.78, 5) is 37.7. The third-order valence-electron chi connectivity index (χ3n) is 5.26. The molecule has 0 spiro atoms. The van der Waals surface area contributed by atoms with Gasteiger partial charge in [0.2, 0.25) is 0 Å². The molecule has 1 amide bonds. The van der Waals surface area contributed by atoms with E-state index < -0.39 is 18.0 Å². The van der Waals surface area contributed by atoms with E-state index in [1.54, 1.807) is 25.1 Å². The molecular formula is C23H38N4O4. The van der Waals surface area contributed by atoms with Gasteiger partial charge in [-0.1, -0.05) is 19.4 Å². The van der Waals surface area contributed by atoms with Crippen molar-refractivity contribution in [2.45, 2.75) is 70.4 Å². The third-order valence-corrected chi connectivity index (χ3v) is 5.26. The van der Waals surface area contributed by atoms with E-state index in [0.29, 0.717) is 43.7 Å². The van der Waals surface area contributed by atoms with Gasteiger partial charge in [0.05, 0.1) is 24.8 Å². The highest BCUT2D eigenvalue weighted by atomic mass is 16.5. The number of unbranched alkanes of at least 4 members (excludes halogenated alkanes) is 2. The van der Waals surface area contributed by atoms with Crippen molar-refractivity contribution in [3.05, 3.63) is 29.3 Å². The first-order chi connectivity index (χ1) is 14.9. The zero-order chi connectivity index (χ0) is 23.2. The average molecular weight is 435 g/mol. The second kappa shape index (κ2) is 14.7. The lowest BCUT2D eigenvalue weighted by Gasteiger charge is -2.18. The number of ketones is 2. The van der Waals surface area contributed by atoms with Gasteiger partial charge in [-0.05, 0) is 62.9 Å². The molecule has 31 heavy (non-hydrogen) atoms. The molecule has 0 fully saturated rings. The van der Waals surface area contributed by atoms with Gasteiger partial charge in [-0.2, -0.15) is 0 Å². The Labute approximate surface area is 185 Å². The molecule has 0 aliphatic rings. The number of benzene rings is 1. The summed E-state index contributed by atoms with van der Waals surface area (Å²) in [5.74, 6) is -0.142. The highest BCUT2D eigenvalue weighted by molar-refractivity contribution is 6.00. The van der Waals surface area contributed by atoms with E-state index in [1.165, 1.54) is 7.11 Å². The van der Waals surface area contributed by atoms with Crippen LogP contribution in [0.3, 0.4) is 0 Å². The standard InChI is InChI=1S/C23H38N4O4/c1-3-20(28)19(9-5-7-13-25)27-23(30)17-14-16(10-11-22(17)31-2)15-21(29)18(26)8-4-6-12-24/h10-11,14,18-19H,3-9,12-13,15,24-26H2,1-2H3,(H,27,30)/t18-,19-/m0/s1. The molecule has 2 atom stereocenters. The van der Waals surface area contributed by atoms with Crippen LogP contribution >= 0.6 is 0 Å². The molecule has 0 saturated carbocycles. The molecule has 7 N–H and O–H groups in total. The van der Waals surface area contributed by atoms with Crippen molar-refractivity contribution >= 4 is 17.5 Å². The summed E-state index contributed by atoms with van der Waals surface area (Å²) < 4.78 is 5.32. The number of rotatable bonds is 16. The lowest BCUT2D eigenvalue weighted by molar-refractivity contribution is -0.121. The van der Waals surface area contributed by atoms with E-state index in [0.717, 1.165) is 25.7 Å².